The summed E-state index contributed by atoms with van der Waals surface area (Å²) in [6.07, 6.45) is 3.79. The second-order valence-corrected chi connectivity index (χ2v) is 10.4. The highest BCUT2D eigenvalue weighted by atomic mass is 19.1. The molecule has 3 aromatic carbocycles. The fourth-order valence-electron chi connectivity index (χ4n) is 6.68. The molecule has 0 radical (unpaired) electrons. The van der Waals surface area contributed by atoms with Crippen molar-refractivity contribution >= 4 is 16.5 Å². The van der Waals surface area contributed by atoms with Gasteiger partial charge in [0.15, 0.2) is 0 Å². The van der Waals surface area contributed by atoms with Crippen molar-refractivity contribution in [1.29, 1.82) is 0 Å². The first kappa shape index (κ1) is 20.0. The minimum atomic E-state index is -0.167. The van der Waals surface area contributed by atoms with E-state index in [0.29, 0.717) is 12.1 Å². The zero-order valence-corrected chi connectivity index (χ0v) is 18.9. The predicted molar refractivity (Wildman–Crippen MR) is 129 cm³/mol. The minimum absolute atomic E-state index is 0.112. The van der Waals surface area contributed by atoms with Gasteiger partial charge >= 0.3 is 0 Å². The number of rotatable bonds is 4. The van der Waals surface area contributed by atoms with Crippen LogP contribution in [0.5, 0.6) is 0 Å². The summed E-state index contributed by atoms with van der Waals surface area (Å²) < 4.78 is 19.2. The first-order valence-corrected chi connectivity index (χ1v) is 12.3. The Bertz CT molecular complexity index is 1180. The zero-order valence-electron chi connectivity index (χ0n) is 18.9. The summed E-state index contributed by atoms with van der Waals surface area (Å²) in [5.74, 6) is -0.167. The van der Waals surface area contributed by atoms with Gasteiger partial charge in [0.2, 0.25) is 0 Å². The smallest absolute Gasteiger partial charge is 0.123 e. The number of nitrogens with zero attached hydrogens (tertiary/aromatic N) is 3. The monoisotopic (exact) mass is 443 g/mol. The Labute approximate surface area is 194 Å². The number of anilines is 1. The van der Waals surface area contributed by atoms with Crippen LogP contribution in [0.15, 0.2) is 60.7 Å². The molecule has 1 aliphatic carbocycles. The van der Waals surface area contributed by atoms with E-state index < -0.39 is 0 Å². The highest BCUT2D eigenvalue weighted by Crippen LogP contribution is 2.44. The predicted octanol–water partition coefficient (Wildman–Crippen LogP) is 4.59. The van der Waals surface area contributed by atoms with Crippen molar-refractivity contribution in [2.45, 2.75) is 36.9 Å². The van der Waals surface area contributed by atoms with Gasteiger partial charge in [0.05, 0.1) is 24.9 Å². The van der Waals surface area contributed by atoms with E-state index in [1.807, 2.05) is 12.1 Å². The molecule has 2 unspecified atom stereocenters. The summed E-state index contributed by atoms with van der Waals surface area (Å²) in [6.45, 7) is 6.06. The Morgan fingerprint density at radius 2 is 1.73 bits per heavy atom. The number of epoxide rings is 1. The van der Waals surface area contributed by atoms with Gasteiger partial charge in [-0.1, -0.05) is 36.4 Å². The number of hydrogen-bond acceptors (Lipinski definition) is 4. The van der Waals surface area contributed by atoms with Crippen LogP contribution in [0.1, 0.15) is 30.0 Å². The first-order chi connectivity index (χ1) is 16.2. The van der Waals surface area contributed by atoms with E-state index in [2.05, 4.69) is 51.1 Å². The molecule has 170 valence electrons. The van der Waals surface area contributed by atoms with Crippen LogP contribution in [0.4, 0.5) is 10.1 Å². The topological polar surface area (TPSA) is 22.2 Å². The molecule has 0 N–H and O–H groups in total. The van der Waals surface area contributed by atoms with Crippen LogP contribution in [0, 0.1) is 5.82 Å². The van der Waals surface area contributed by atoms with E-state index in [9.17, 15) is 4.39 Å². The van der Waals surface area contributed by atoms with Crippen LogP contribution in [-0.2, 0) is 11.2 Å². The van der Waals surface area contributed by atoms with Crippen molar-refractivity contribution in [2.24, 2.45) is 0 Å². The number of piperidine rings is 1. The summed E-state index contributed by atoms with van der Waals surface area (Å²) in [5.41, 5.74) is 4.26. The maximum absolute atomic E-state index is 13.6. The molecule has 5 heteroatoms. The number of benzene rings is 3. The van der Waals surface area contributed by atoms with Gasteiger partial charge in [-0.2, -0.15) is 0 Å². The minimum Gasteiger partial charge on any atom is -0.372 e. The van der Waals surface area contributed by atoms with Crippen LogP contribution >= 0.6 is 0 Å². The molecule has 3 fully saturated rings. The second kappa shape index (κ2) is 7.52. The van der Waals surface area contributed by atoms with Gasteiger partial charge in [-0.25, -0.2) is 4.39 Å². The van der Waals surface area contributed by atoms with E-state index in [-0.39, 0.29) is 11.4 Å². The molecule has 0 aromatic heterocycles. The van der Waals surface area contributed by atoms with Crippen LogP contribution in [0.2, 0.25) is 0 Å². The molecule has 3 saturated heterocycles. The fraction of sp³-hybridized carbons (Fsp3) is 0.429. The van der Waals surface area contributed by atoms with Crippen molar-refractivity contribution in [3.63, 3.8) is 0 Å². The quantitative estimate of drug-likeness (QED) is 0.550. The lowest BCUT2D eigenvalue weighted by Crippen LogP contribution is -2.54. The van der Waals surface area contributed by atoms with Crippen molar-refractivity contribution in [1.82, 2.24) is 9.80 Å². The van der Waals surface area contributed by atoms with Crippen molar-refractivity contribution in [3.8, 4) is 0 Å². The Kier molecular flexibility index (Phi) is 4.55. The molecule has 0 saturated carbocycles. The third-order valence-electron chi connectivity index (χ3n) is 8.40. The SMILES string of the molecule is Fc1ccc(N2CN(CC3CO3)CC23CCN(C2Cc4cccc5cccc2c45)CC3)cc1. The lowest BCUT2D eigenvalue weighted by molar-refractivity contribution is 0.118. The summed E-state index contributed by atoms with van der Waals surface area (Å²) in [6, 6.07) is 21.1. The van der Waals surface area contributed by atoms with E-state index in [1.54, 1.807) is 12.1 Å². The molecule has 3 aliphatic heterocycles. The maximum atomic E-state index is 13.6. The maximum Gasteiger partial charge on any atom is 0.123 e. The highest BCUT2D eigenvalue weighted by molar-refractivity contribution is 5.91. The molecular weight excluding hydrogens is 413 g/mol. The molecule has 3 aromatic rings. The lowest BCUT2D eigenvalue weighted by Gasteiger charge is -2.47. The Morgan fingerprint density at radius 1 is 0.970 bits per heavy atom. The molecule has 33 heavy (non-hydrogen) atoms. The van der Waals surface area contributed by atoms with Gasteiger partial charge in [0, 0.05) is 37.9 Å². The van der Waals surface area contributed by atoms with Gasteiger partial charge in [-0.05, 0) is 65.4 Å². The normalized spacial score (nSPS) is 26.5. The van der Waals surface area contributed by atoms with Crippen LogP contribution in [-0.4, -0.2) is 60.9 Å². The number of ether oxygens (including phenoxy) is 1. The molecule has 4 nitrogen and oxygen atoms in total. The van der Waals surface area contributed by atoms with Gasteiger partial charge < -0.3 is 9.64 Å². The Balaban J connectivity index is 1.14. The first-order valence-electron chi connectivity index (χ1n) is 12.3. The van der Waals surface area contributed by atoms with Gasteiger partial charge in [-0.15, -0.1) is 0 Å². The van der Waals surface area contributed by atoms with Crippen molar-refractivity contribution in [3.05, 3.63) is 77.6 Å². The molecule has 1 spiro atoms. The third-order valence-corrected chi connectivity index (χ3v) is 8.40. The molecule has 0 amide bonds. The van der Waals surface area contributed by atoms with Gasteiger partial charge in [0.25, 0.3) is 0 Å². The molecule has 0 bridgehead atoms. The number of halogens is 1. The average Bonchev–Trinajstić information content (AvgIpc) is 3.48. The standard InChI is InChI=1S/C28H30FN3O/c29-22-7-9-23(10-8-22)32-19-30(16-24-17-33-24)18-28(32)11-13-31(14-12-28)26-15-21-5-1-3-20-4-2-6-25(26)27(20)21/h1-10,24,26H,11-19H2. The fourth-order valence-corrected chi connectivity index (χ4v) is 6.68. The largest absolute Gasteiger partial charge is 0.372 e. The summed E-state index contributed by atoms with van der Waals surface area (Å²) in [7, 11) is 0. The highest BCUT2D eigenvalue weighted by Gasteiger charge is 2.48. The third kappa shape index (κ3) is 3.37. The molecule has 2 atom stereocenters. The van der Waals surface area contributed by atoms with Crippen LogP contribution in [0.25, 0.3) is 10.8 Å². The molecule has 4 aliphatic rings. The van der Waals surface area contributed by atoms with E-state index >= 15 is 0 Å². The molecular formula is C28H30FN3O. The van der Waals surface area contributed by atoms with E-state index in [4.69, 9.17) is 4.74 Å². The van der Waals surface area contributed by atoms with E-state index in [0.717, 1.165) is 64.4 Å². The second-order valence-electron chi connectivity index (χ2n) is 10.4. The summed E-state index contributed by atoms with van der Waals surface area (Å²) in [4.78, 5) is 7.81. The molecule has 3 heterocycles. The Hall–Kier alpha value is -2.47. The average molecular weight is 444 g/mol. The summed E-state index contributed by atoms with van der Waals surface area (Å²) >= 11 is 0. The zero-order chi connectivity index (χ0) is 22.0. The molecule has 7 rings (SSSR count). The van der Waals surface area contributed by atoms with Crippen LogP contribution in [0.3, 0.4) is 0 Å². The van der Waals surface area contributed by atoms with Gasteiger partial charge in [0.1, 0.15) is 5.82 Å². The van der Waals surface area contributed by atoms with Crippen molar-refractivity contribution in [2.75, 3.05) is 44.4 Å². The lowest BCUT2D eigenvalue weighted by atomic mass is 9.85. The van der Waals surface area contributed by atoms with E-state index in [1.165, 1.54) is 21.9 Å². The number of hydrogen-bond donors (Lipinski definition) is 0. The number of likely N-dealkylation sites (tertiary alicyclic amines) is 1. The summed E-state index contributed by atoms with van der Waals surface area (Å²) in [5, 5.41) is 2.85. The van der Waals surface area contributed by atoms with Crippen LogP contribution < -0.4 is 4.90 Å². The van der Waals surface area contributed by atoms with Gasteiger partial charge in [-0.3, -0.25) is 9.80 Å². The Morgan fingerprint density at radius 3 is 2.48 bits per heavy atom. The van der Waals surface area contributed by atoms with Crippen molar-refractivity contribution < 1.29 is 9.13 Å².